The van der Waals surface area contributed by atoms with Crippen molar-refractivity contribution in [2.24, 2.45) is 0 Å². The van der Waals surface area contributed by atoms with Gasteiger partial charge >= 0.3 is 11.9 Å². The van der Waals surface area contributed by atoms with Gasteiger partial charge in [0.25, 0.3) is 0 Å². The van der Waals surface area contributed by atoms with Crippen LogP contribution < -0.4 is 9.47 Å². The average Bonchev–Trinajstić information content (AvgIpc) is 3.16. The second-order valence-corrected chi connectivity index (χ2v) is 7.99. The lowest BCUT2D eigenvalue weighted by molar-refractivity contribution is 0.0593. The summed E-state index contributed by atoms with van der Waals surface area (Å²) in [6.45, 7) is 0.684. The van der Waals surface area contributed by atoms with Gasteiger partial charge in [-0.2, -0.15) is 0 Å². The van der Waals surface area contributed by atoms with Crippen LogP contribution in [0.25, 0.3) is 0 Å². The standard InChI is InChI=1S/C15H14Br2O6S2/c1-20-14(18)12-10(8(16)6-24-12)22-4-3-5-23-11-9(17)7-25-13(11)15(19)21-2/h6-7H,3-5H2,1-2H3. The molecule has 0 unspecified atom stereocenters. The number of esters is 2. The maximum Gasteiger partial charge on any atom is 0.351 e. The van der Waals surface area contributed by atoms with Gasteiger partial charge in [-0.1, -0.05) is 0 Å². The van der Waals surface area contributed by atoms with E-state index in [0.29, 0.717) is 49.8 Å². The van der Waals surface area contributed by atoms with Crippen LogP contribution in [-0.2, 0) is 9.47 Å². The molecule has 25 heavy (non-hydrogen) atoms. The van der Waals surface area contributed by atoms with Crippen LogP contribution in [-0.4, -0.2) is 39.4 Å². The Labute approximate surface area is 169 Å². The molecule has 0 radical (unpaired) electrons. The maximum absolute atomic E-state index is 11.7. The van der Waals surface area contributed by atoms with Crippen molar-refractivity contribution in [3.63, 3.8) is 0 Å². The lowest BCUT2D eigenvalue weighted by Gasteiger charge is -2.09. The molecule has 0 atom stereocenters. The zero-order valence-corrected chi connectivity index (χ0v) is 18.1. The Hall–Kier alpha value is -1.10. The third-order valence-corrected chi connectivity index (χ3v) is 6.60. The van der Waals surface area contributed by atoms with Crippen molar-refractivity contribution in [2.75, 3.05) is 27.4 Å². The lowest BCUT2D eigenvalue weighted by atomic mass is 10.4. The van der Waals surface area contributed by atoms with Gasteiger partial charge < -0.3 is 18.9 Å². The summed E-state index contributed by atoms with van der Waals surface area (Å²) in [7, 11) is 2.65. The first-order chi connectivity index (χ1) is 12.0. The summed E-state index contributed by atoms with van der Waals surface area (Å²) in [5, 5.41) is 3.53. The summed E-state index contributed by atoms with van der Waals surface area (Å²) in [6, 6.07) is 0. The number of carbonyl (C=O) groups is 2. The molecule has 2 heterocycles. The zero-order valence-electron chi connectivity index (χ0n) is 13.3. The Morgan fingerprint density at radius 1 is 0.880 bits per heavy atom. The van der Waals surface area contributed by atoms with Gasteiger partial charge in [-0.25, -0.2) is 9.59 Å². The molecule has 136 valence electrons. The minimum atomic E-state index is -0.438. The van der Waals surface area contributed by atoms with E-state index in [-0.39, 0.29) is 0 Å². The quantitative estimate of drug-likeness (QED) is 0.374. The van der Waals surface area contributed by atoms with Gasteiger partial charge in [0, 0.05) is 17.2 Å². The minimum Gasteiger partial charge on any atom is -0.490 e. The number of hydrogen-bond donors (Lipinski definition) is 0. The van der Waals surface area contributed by atoms with Crippen LogP contribution in [0.5, 0.6) is 11.5 Å². The van der Waals surface area contributed by atoms with Crippen molar-refractivity contribution in [1.82, 2.24) is 0 Å². The molecule has 0 aliphatic heterocycles. The molecule has 0 saturated carbocycles. The number of hydrogen-bond acceptors (Lipinski definition) is 8. The molecule has 6 nitrogen and oxygen atoms in total. The molecule has 0 bridgehead atoms. The van der Waals surface area contributed by atoms with E-state index in [4.69, 9.17) is 18.9 Å². The summed E-state index contributed by atoms with van der Waals surface area (Å²) >= 11 is 9.19. The topological polar surface area (TPSA) is 71.1 Å². The van der Waals surface area contributed by atoms with E-state index in [1.165, 1.54) is 36.9 Å². The van der Waals surface area contributed by atoms with E-state index in [9.17, 15) is 9.59 Å². The van der Waals surface area contributed by atoms with Crippen molar-refractivity contribution in [1.29, 1.82) is 0 Å². The first kappa shape index (κ1) is 20.2. The molecule has 0 N–H and O–H groups in total. The van der Waals surface area contributed by atoms with Crippen molar-refractivity contribution < 1.29 is 28.5 Å². The van der Waals surface area contributed by atoms with Crippen LogP contribution in [0.4, 0.5) is 0 Å². The summed E-state index contributed by atoms with van der Waals surface area (Å²) in [5.74, 6) is 0.0476. The Kier molecular flexibility index (Phi) is 7.73. The van der Waals surface area contributed by atoms with E-state index in [0.717, 1.165) is 0 Å². The highest BCUT2D eigenvalue weighted by atomic mass is 79.9. The van der Waals surface area contributed by atoms with Crippen LogP contribution in [0, 0.1) is 0 Å². The summed E-state index contributed by atoms with van der Waals surface area (Å²) in [5.41, 5.74) is 0. The molecule has 2 rings (SSSR count). The molecular formula is C15H14Br2O6S2. The predicted molar refractivity (Wildman–Crippen MR) is 102 cm³/mol. The van der Waals surface area contributed by atoms with Gasteiger partial charge in [-0.15, -0.1) is 22.7 Å². The molecule has 0 aliphatic carbocycles. The molecule has 0 spiro atoms. The van der Waals surface area contributed by atoms with Crippen molar-refractivity contribution >= 4 is 66.5 Å². The monoisotopic (exact) mass is 512 g/mol. The maximum atomic E-state index is 11.7. The largest absolute Gasteiger partial charge is 0.490 e. The lowest BCUT2D eigenvalue weighted by Crippen LogP contribution is -2.09. The normalized spacial score (nSPS) is 10.4. The Balaban J connectivity index is 1.87. The molecule has 0 fully saturated rings. The number of thiophene rings is 2. The van der Waals surface area contributed by atoms with E-state index < -0.39 is 11.9 Å². The van der Waals surface area contributed by atoms with E-state index in [1.54, 1.807) is 10.8 Å². The Morgan fingerprint density at radius 3 is 1.64 bits per heavy atom. The summed E-state index contributed by atoms with van der Waals surface area (Å²) in [4.78, 5) is 24.2. The number of carbonyl (C=O) groups excluding carboxylic acids is 2. The van der Waals surface area contributed by atoms with Crippen LogP contribution in [0.1, 0.15) is 25.8 Å². The molecule has 0 saturated heterocycles. The van der Waals surface area contributed by atoms with Crippen molar-refractivity contribution in [3.05, 3.63) is 29.5 Å². The summed E-state index contributed by atoms with van der Waals surface area (Å²) in [6.07, 6.45) is 0.561. The van der Waals surface area contributed by atoms with Gasteiger partial charge in [-0.3, -0.25) is 0 Å². The third-order valence-electron chi connectivity index (χ3n) is 2.93. The molecule has 10 heteroatoms. The van der Waals surface area contributed by atoms with E-state index >= 15 is 0 Å². The second-order valence-electron chi connectivity index (χ2n) is 4.52. The molecular weight excluding hydrogens is 500 g/mol. The molecule has 2 aromatic heterocycles. The SMILES string of the molecule is COC(=O)c1scc(Br)c1OCCCOc1c(Br)csc1C(=O)OC. The predicted octanol–water partition coefficient (Wildman–Crippen LogP) is 4.76. The van der Waals surface area contributed by atoms with Gasteiger partial charge in [0.15, 0.2) is 21.3 Å². The zero-order chi connectivity index (χ0) is 18.4. The number of halogens is 2. The average molecular weight is 514 g/mol. The van der Waals surface area contributed by atoms with Crippen LogP contribution in [0.15, 0.2) is 19.7 Å². The van der Waals surface area contributed by atoms with E-state index in [1.807, 2.05) is 0 Å². The van der Waals surface area contributed by atoms with E-state index in [2.05, 4.69) is 31.9 Å². The summed E-state index contributed by atoms with van der Waals surface area (Å²) < 4.78 is 22.2. The van der Waals surface area contributed by atoms with Gasteiger partial charge in [0.05, 0.1) is 36.4 Å². The smallest absolute Gasteiger partial charge is 0.351 e. The number of ether oxygens (including phenoxy) is 4. The van der Waals surface area contributed by atoms with Gasteiger partial charge in [-0.05, 0) is 31.9 Å². The highest BCUT2D eigenvalue weighted by molar-refractivity contribution is 9.11. The molecule has 0 amide bonds. The Morgan fingerprint density at radius 2 is 1.28 bits per heavy atom. The highest BCUT2D eigenvalue weighted by Crippen LogP contribution is 2.37. The highest BCUT2D eigenvalue weighted by Gasteiger charge is 2.20. The van der Waals surface area contributed by atoms with Crippen molar-refractivity contribution in [2.45, 2.75) is 6.42 Å². The number of rotatable bonds is 8. The fourth-order valence-corrected chi connectivity index (χ4v) is 4.81. The van der Waals surface area contributed by atoms with Crippen LogP contribution in [0.3, 0.4) is 0 Å². The molecule has 0 aliphatic rings. The fourth-order valence-electron chi connectivity index (χ4n) is 1.80. The first-order valence-electron chi connectivity index (χ1n) is 6.95. The van der Waals surface area contributed by atoms with Gasteiger partial charge in [0.1, 0.15) is 0 Å². The third kappa shape index (κ3) is 4.96. The van der Waals surface area contributed by atoms with Crippen LogP contribution in [0.2, 0.25) is 0 Å². The van der Waals surface area contributed by atoms with Crippen LogP contribution >= 0.6 is 54.5 Å². The molecule has 0 aromatic carbocycles. The fraction of sp³-hybridized carbons (Fsp3) is 0.333. The van der Waals surface area contributed by atoms with Gasteiger partial charge in [0.2, 0.25) is 0 Å². The number of methoxy groups -OCH3 is 2. The minimum absolute atomic E-state index is 0.342. The molecule has 2 aromatic rings. The van der Waals surface area contributed by atoms with Crippen molar-refractivity contribution in [3.8, 4) is 11.5 Å². The second kappa shape index (κ2) is 9.56. The Bertz CT molecular complexity index is 693. The first-order valence-corrected chi connectivity index (χ1v) is 10.3.